The SMILES string of the molecule is NCCSCc1csc(SC2=C(C(=O)O)N3C(=O)[C@@H](NC(=O)C(NO)c4cccc(N)n4)[C@@H]3SC2)n1. The van der Waals surface area contributed by atoms with Gasteiger partial charge in [-0.2, -0.15) is 17.2 Å². The molecule has 8 N–H and O–H groups in total. The number of nitrogen functional groups attached to an aromatic ring is 1. The summed E-state index contributed by atoms with van der Waals surface area (Å²) in [6.45, 7) is 0.587. The third kappa shape index (κ3) is 5.64. The molecule has 0 bridgehead atoms. The minimum Gasteiger partial charge on any atom is -0.477 e. The van der Waals surface area contributed by atoms with Gasteiger partial charge in [0.15, 0.2) is 10.4 Å². The predicted molar refractivity (Wildman–Crippen MR) is 139 cm³/mol. The highest BCUT2D eigenvalue weighted by Crippen LogP contribution is 2.45. The first kappa shape index (κ1) is 26.7. The van der Waals surface area contributed by atoms with Crippen molar-refractivity contribution in [1.82, 2.24) is 25.7 Å². The molecule has 2 aliphatic rings. The van der Waals surface area contributed by atoms with E-state index in [9.17, 15) is 24.7 Å². The summed E-state index contributed by atoms with van der Waals surface area (Å²) < 4.78 is 0.690. The number of nitrogens with one attached hydrogen (secondary N) is 2. The molecule has 0 aromatic carbocycles. The first-order valence-corrected chi connectivity index (χ1v) is 14.5. The molecule has 36 heavy (non-hydrogen) atoms. The van der Waals surface area contributed by atoms with Gasteiger partial charge in [-0.05, 0) is 12.1 Å². The molecule has 2 aliphatic heterocycles. The molecule has 2 amide bonds. The molecule has 4 rings (SSSR count). The van der Waals surface area contributed by atoms with Gasteiger partial charge in [0.05, 0.1) is 11.4 Å². The van der Waals surface area contributed by atoms with E-state index in [1.807, 2.05) is 10.9 Å². The van der Waals surface area contributed by atoms with Gasteiger partial charge in [0.2, 0.25) is 5.91 Å². The highest BCUT2D eigenvalue weighted by atomic mass is 32.2. The Labute approximate surface area is 222 Å². The number of thiazole rings is 1. The van der Waals surface area contributed by atoms with Crippen LogP contribution in [0.15, 0.2) is 38.5 Å². The molecule has 12 nitrogen and oxygen atoms in total. The number of carbonyl (C=O) groups excluding carboxylic acids is 2. The van der Waals surface area contributed by atoms with E-state index >= 15 is 0 Å². The van der Waals surface area contributed by atoms with Gasteiger partial charge in [-0.1, -0.05) is 17.8 Å². The number of carbonyl (C=O) groups is 3. The zero-order valence-corrected chi connectivity index (χ0v) is 21.9. The fraction of sp³-hybridized carbons (Fsp3) is 0.350. The number of thioether (sulfide) groups is 3. The lowest BCUT2D eigenvalue weighted by atomic mass is 10.0. The number of carboxylic acid groups (broad SMARTS) is 1. The Balaban J connectivity index is 1.46. The Kier molecular flexibility index (Phi) is 8.76. The molecule has 3 atom stereocenters. The monoisotopic (exact) mass is 569 g/mol. The molecule has 0 aliphatic carbocycles. The fourth-order valence-corrected chi connectivity index (χ4v) is 7.81. The highest BCUT2D eigenvalue weighted by molar-refractivity contribution is 8.07. The van der Waals surface area contributed by atoms with Crippen LogP contribution in [0, 0.1) is 0 Å². The van der Waals surface area contributed by atoms with Crippen LogP contribution in [0.5, 0.6) is 0 Å². The van der Waals surface area contributed by atoms with E-state index in [0.29, 0.717) is 21.5 Å². The Hall–Kier alpha value is -2.34. The number of hydroxylamine groups is 1. The van der Waals surface area contributed by atoms with Gasteiger partial charge in [-0.3, -0.25) is 14.5 Å². The second-order valence-corrected chi connectivity index (χ2v) is 12.0. The molecule has 16 heteroatoms. The maximum absolute atomic E-state index is 12.9. The summed E-state index contributed by atoms with van der Waals surface area (Å²) in [5.74, 6) is -0.428. The topological polar surface area (TPSA) is 197 Å². The summed E-state index contributed by atoms with van der Waals surface area (Å²) in [7, 11) is 0. The summed E-state index contributed by atoms with van der Waals surface area (Å²) in [6, 6.07) is 2.41. The number of pyridine rings is 1. The van der Waals surface area contributed by atoms with E-state index < -0.39 is 35.2 Å². The molecule has 0 spiro atoms. The third-order valence-electron chi connectivity index (χ3n) is 5.17. The number of aromatic nitrogens is 2. The summed E-state index contributed by atoms with van der Waals surface area (Å²) >= 11 is 5.66. The fourth-order valence-electron chi connectivity index (χ4n) is 3.56. The normalized spacial score (nSPS) is 20.1. The number of aliphatic carboxylic acids is 1. The number of fused-ring (bicyclic) bond motifs is 1. The standard InChI is InChI=1S/C20H23N7O5S4/c21-4-5-33-6-9-7-35-20(23-9)36-11-8-34-18-14(17(29)27(18)15(11)19(30)31)25-16(28)13(26-32)10-2-1-3-12(22)24-10/h1-3,7,13-14,18,26,32H,4-6,8,21H2,(H2,22,24)(H,25,28)(H,30,31)/t13?,14-,18+/m1/s1. The van der Waals surface area contributed by atoms with Crippen LogP contribution in [-0.4, -0.2) is 72.4 Å². The van der Waals surface area contributed by atoms with Gasteiger partial charge in [-0.25, -0.2) is 14.8 Å². The molecule has 1 unspecified atom stereocenters. The number of hydrogen-bond donors (Lipinski definition) is 6. The van der Waals surface area contributed by atoms with E-state index in [0.717, 1.165) is 17.2 Å². The van der Waals surface area contributed by atoms with Crippen LogP contribution in [0.4, 0.5) is 5.82 Å². The number of β-lactam (4-membered cyclic amide) rings is 1. The first-order chi connectivity index (χ1) is 17.3. The zero-order valence-electron chi connectivity index (χ0n) is 18.6. The number of nitrogens with two attached hydrogens (primary N) is 2. The summed E-state index contributed by atoms with van der Waals surface area (Å²) in [5.41, 5.74) is 14.0. The second kappa shape index (κ2) is 11.8. The molecule has 1 saturated heterocycles. The van der Waals surface area contributed by atoms with Crippen LogP contribution < -0.4 is 22.3 Å². The number of amides is 2. The predicted octanol–water partition coefficient (Wildman–Crippen LogP) is 0.821. The smallest absolute Gasteiger partial charge is 0.353 e. The second-order valence-electron chi connectivity index (χ2n) is 7.57. The van der Waals surface area contributed by atoms with Crippen LogP contribution in [-0.2, 0) is 20.1 Å². The molecule has 0 saturated carbocycles. The van der Waals surface area contributed by atoms with Crippen molar-refractivity contribution in [3.63, 3.8) is 0 Å². The Morgan fingerprint density at radius 3 is 2.83 bits per heavy atom. The Morgan fingerprint density at radius 2 is 2.14 bits per heavy atom. The summed E-state index contributed by atoms with van der Waals surface area (Å²) in [4.78, 5) is 48.1. The van der Waals surface area contributed by atoms with E-state index in [-0.39, 0.29) is 17.2 Å². The molecule has 4 heterocycles. The number of rotatable bonds is 11. The molecule has 192 valence electrons. The lowest BCUT2D eigenvalue weighted by Crippen LogP contribution is -2.71. The zero-order chi connectivity index (χ0) is 25.8. The van der Waals surface area contributed by atoms with Crippen molar-refractivity contribution in [3.05, 3.63) is 45.6 Å². The lowest BCUT2D eigenvalue weighted by Gasteiger charge is -2.49. The quantitative estimate of drug-likeness (QED) is 0.126. The van der Waals surface area contributed by atoms with Gasteiger partial charge in [0.1, 0.15) is 22.9 Å². The average molecular weight is 570 g/mol. The number of nitrogens with zero attached hydrogens (tertiary/aromatic N) is 3. The minimum absolute atomic E-state index is 0.108. The van der Waals surface area contributed by atoms with E-state index in [2.05, 4.69) is 15.3 Å². The van der Waals surface area contributed by atoms with Crippen molar-refractivity contribution in [3.8, 4) is 0 Å². The van der Waals surface area contributed by atoms with Crippen molar-refractivity contribution >= 4 is 70.2 Å². The molecular formula is C20H23N7O5S4. The van der Waals surface area contributed by atoms with Crippen molar-refractivity contribution in [2.24, 2.45) is 5.73 Å². The highest BCUT2D eigenvalue weighted by Gasteiger charge is 2.54. The van der Waals surface area contributed by atoms with Crippen LogP contribution in [0.1, 0.15) is 17.4 Å². The average Bonchev–Trinajstić information content (AvgIpc) is 3.30. The lowest BCUT2D eigenvalue weighted by molar-refractivity contribution is -0.151. The van der Waals surface area contributed by atoms with Crippen LogP contribution in [0.3, 0.4) is 0 Å². The minimum atomic E-state index is -1.26. The maximum atomic E-state index is 12.9. The van der Waals surface area contributed by atoms with Gasteiger partial charge in [0.25, 0.3) is 5.91 Å². The van der Waals surface area contributed by atoms with Crippen LogP contribution in [0.25, 0.3) is 0 Å². The number of carboxylic acids is 1. The van der Waals surface area contributed by atoms with Gasteiger partial charge < -0.3 is 27.1 Å². The third-order valence-corrected chi connectivity index (χ3v) is 9.72. The van der Waals surface area contributed by atoms with Crippen LogP contribution >= 0.6 is 46.6 Å². The van der Waals surface area contributed by atoms with Gasteiger partial charge in [-0.15, -0.1) is 23.1 Å². The molecule has 2 aromatic heterocycles. The van der Waals surface area contributed by atoms with E-state index in [1.54, 1.807) is 17.8 Å². The summed E-state index contributed by atoms with van der Waals surface area (Å²) in [6.07, 6.45) is 0. The Bertz CT molecular complexity index is 1190. The summed E-state index contributed by atoms with van der Waals surface area (Å²) in [5, 5.41) is 23.3. The molecule has 2 aromatic rings. The largest absolute Gasteiger partial charge is 0.477 e. The molecule has 0 radical (unpaired) electrons. The maximum Gasteiger partial charge on any atom is 0.353 e. The van der Waals surface area contributed by atoms with E-state index in [1.165, 1.54) is 51.9 Å². The van der Waals surface area contributed by atoms with Gasteiger partial charge in [0, 0.05) is 34.1 Å². The van der Waals surface area contributed by atoms with Crippen molar-refractivity contribution in [2.75, 3.05) is 23.8 Å². The first-order valence-electron chi connectivity index (χ1n) is 10.6. The van der Waals surface area contributed by atoms with Crippen molar-refractivity contribution < 1.29 is 24.7 Å². The van der Waals surface area contributed by atoms with Crippen molar-refractivity contribution in [1.29, 1.82) is 0 Å². The van der Waals surface area contributed by atoms with Gasteiger partial charge >= 0.3 is 5.97 Å². The Morgan fingerprint density at radius 1 is 1.33 bits per heavy atom. The number of hydrogen-bond acceptors (Lipinski definition) is 13. The molecular weight excluding hydrogens is 547 g/mol. The molecule has 1 fully saturated rings. The van der Waals surface area contributed by atoms with E-state index in [4.69, 9.17) is 11.5 Å². The van der Waals surface area contributed by atoms with Crippen molar-refractivity contribution in [2.45, 2.75) is 27.6 Å². The van der Waals surface area contributed by atoms with Crippen LogP contribution in [0.2, 0.25) is 0 Å². The number of anilines is 1.